The Morgan fingerprint density at radius 3 is 1.55 bits per heavy atom. The van der Waals surface area contributed by atoms with E-state index in [2.05, 4.69) is 0 Å². The highest BCUT2D eigenvalue weighted by molar-refractivity contribution is 6.21. The molecule has 0 aliphatic carbocycles. The average Bonchev–Trinajstić information content (AvgIpc) is 2.94. The fourth-order valence-corrected chi connectivity index (χ4v) is 3.52. The zero-order valence-electron chi connectivity index (χ0n) is 13.4. The van der Waals surface area contributed by atoms with E-state index >= 15 is 0 Å². The summed E-state index contributed by atoms with van der Waals surface area (Å²) in [6, 6.07) is 0. The van der Waals surface area contributed by atoms with Crippen molar-refractivity contribution in [2.75, 3.05) is 25.0 Å². The molecule has 2 heterocycles. The third-order valence-electron chi connectivity index (χ3n) is 4.02. The third kappa shape index (κ3) is 4.13. The monoisotopic (exact) mass is 354 g/mol. The molecule has 2 saturated heterocycles. The normalized spacial score (nSPS) is 32.8. The minimum atomic E-state index is -0.694. The lowest BCUT2D eigenvalue weighted by atomic mass is 9.88. The molecule has 7 heteroatoms. The van der Waals surface area contributed by atoms with E-state index in [9.17, 15) is 4.79 Å². The van der Waals surface area contributed by atoms with Crippen LogP contribution >= 0.6 is 23.2 Å². The zero-order valence-corrected chi connectivity index (χ0v) is 14.9. The van der Waals surface area contributed by atoms with Crippen LogP contribution in [0.5, 0.6) is 0 Å². The Balaban J connectivity index is 2.06. The molecule has 0 aromatic heterocycles. The van der Waals surface area contributed by atoms with Crippen molar-refractivity contribution in [1.82, 2.24) is 0 Å². The smallest absolute Gasteiger partial charge is 0.163 e. The molecule has 0 amide bonds. The molecule has 0 aromatic rings. The van der Waals surface area contributed by atoms with E-state index in [-0.39, 0.29) is 29.8 Å². The van der Waals surface area contributed by atoms with Crippen LogP contribution < -0.4 is 0 Å². The number of rotatable bonds is 6. The number of hydrogen-bond acceptors (Lipinski definition) is 5. The molecule has 0 radical (unpaired) electrons. The number of carbonyl (C=O) groups excluding carboxylic acids is 1. The number of alkyl halides is 2. The maximum Gasteiger partial charge on any atom is 0.163 e. The lowest BCUT2D eigenvalue weighted by Crippen LogP contribution is -2.42. The van der Waals surface area contributed by atoms with Crippen LogP contribution in [0.4, 0.5) is 0 Å². The van der Waals surface area contributed by atoms with Gasteiger partial charge in [-0.2, -0.15) is 0 Å². The second-order valence-corrected chi connectivity index (χ2v) is 7.28. The van der Waals surface area contributed by atoms with Crippen LogP contribution in [0.3, 0.4) is 0 Å². The summed E-state index contributed by atoms with van der Waals surface area (Å²) in [5.41, 5.74) is 0. The van der Waals surface area contributed by atoms with E-state index in [1.54, 1.807) is 0 Å². The van der Waals surface area contributed by atoms with E-state index in [0.29, 0.717) is 13.2 Å². The molecule has 5 nitrogen and oxygen atoms in total. The first-order chi connectivity index (χ1) is 10.2. The zero-order chi connectivity index (χ0) is 16.5. The average molecular weight is 355 g/mol. The highest BCUT2D eigenvalue weighted by Gasteiger charge is 2.46. The standard InChI is InChI=1S/C15H24Cl2O5/c1-14(2)19-7-11(21-14)9(5-16)13(18)10(6-17)12-8-20-15(3,4)22-12/h9-12H,5-8H2,1-4H3/t9-,10-,11?,12?/m0/s1. The molecule has 2 rings (SSSR count). The summed E-state index contributed by atoms with van der Waals surface area (Å²) in [7, 11) is 0. The largest absolute Gasteiger partial charge is 0.348 e. The minimum Gasteiger partial charge on any atom is -0.348 e. The van der Waals surface area contributed by atoms with Gasteiger partial charge in [0.15, 0.2) is 11.6 Å². The Kier molecular flexibility index (Phi) is 5.79. The first kappa shape index (κ1) is 18.4. The fraction of sp³-hybridized carbons (Fsp3) is 0.933. The Bertz CT molecular complexity index is 377. The van der Waals surface area contributed by atoms with Gasteiger partial charge in [0.25, 0.3) is 0 Å². The van der Waals surface area contributed by atoms with E-state index < -0.39 is 23.4 Å². The first-order valence-corrected chi connectivity index (χ1v) is 8.55. The predicted molar refractivity (Wildman–Crippen MR) is 83.2 cm³/mol. The quantitative estimate of drug-likeness (QED) is 0.686. The molecule has 0 aromatic carbocycles. The van der Waals surface area contributed by atoms with E-state index in [1.807, 2.05) is 27.7 Å². The van der Waals surface area contributed by atoms with Crippen molar-refractivity contribution < 1.29 is 23.7 Å². The summed E-state index contributed by atoms with van der Waals surface area (Å²) in [5.74, 6) is -2.07. The van der Waals surface area contributed by atoms with Crippen molar-refractivity contribution in [2.45, 2.75) is 51.5 Å². The topological polar surface area (TPSA) is 54.0 Å². The molecular formula is C15H24Cl2O5. The van der Waals surface area contributed by atoms with Crippen molar-refractivity contribution >= 4 is 29.0 Å². The SMILES string of the molecule is CC1(C)OCC([C@H](CCl)C(=O)[C@@H](CCl)C2COC(C)(C)O2)O1. The first-order valence-electron chi connectivity index (χ1n) is 7.48. The van der Waals surface area contributed by atoms with Gasteiger partial charge in [0.1, 0.15) is 5.78 Å². The van der Waals surface area contributed by atoms with Crippen LogP contribution in [-0.2, 0) is 23.7 Å². The molecule has 0 spiro atoms. The van der Waals surface area contributed by atoms with Gasteiger partial charge in [-0.25, -0.2) is 0 Å². The van der Waals surface area contributed by atoms with Gasteiger partial charge in [0.2, 0.25) is 0 Å². The van der Waals surface area contributed by atoms with Gasteiger partial charge >= 0.3 is 0 Å². The van der Waals surface area contributed by atoms with Crippen LogP contribution in [0.15, 0.2) is 0 Å². The molecule has 2 aliphatic rings. The number of hydrogen-bond donors (Lipinski definition) is 0. The Morgan fingerprint density at radius 2 is 1.32 bits per heavy atom. The summed E-state index contributed by atoms with van der Waals surface area (Å²) in [6.45, 7) is 7.96. The van der Waals surface area contributed by atoms with E-state index in [0.717, 1.165) is 0 Å². The predicted octanol–water partition coefficient (Wildman–Crippen LogP) is 2.57. The molecular weight excluding hydrogens is 331 g/mol. The van der Waals surface area contributed by atoms with Crippen molar-refractivity contribution in [3.8, 4) is 0 Å². The van der Waals surface area contributed by atoms with Gasteiger partial charge < -0.3 is 18.9 Å². The molecule has 2 fully saturated rings. The Labute approximate surface area is 141 Å². The van der Waals surface area contributed by atoms with Crippen molar-refractivity contribution in [3.63, 3.8) is 0 Å². The van der Waals surface area contributed by atoms with Crippen molar-refractivity contribution in [2.24, 2.45) is 11.8 Å². The maximum absolute atomic E-state index is 12.9. The number of carbonyl (C=O) groups is 1. The van der Waals surface area contributed by atoms with E-state index in [4.69, 9.17) is 42.1 Å². The molecule has 2 unspecified atom stereocenters. The van der Waals surface area contributed by atoms with Crippen LogP contribution in [0, 0.1) is 11.8 Å². The van der Waals surface area contributed by atoms with Crippen LogP contribution in [0.1, 0.15) is 27.7 Å². The maximum atomic E-state index is 12.9. The van der Waals surface area contributed by atoms with Crippen molar-refractivity contribution in [1.29, 1.82) is 0 Å². The molecule has 22 heavy (non-hydrogen) atoms. The molecule has 128 valence electrons. The highest BCUT2D eigenvalue weighted by Crippen LogP contribution is 2.33. The van der Waals surface area contributed by atoms with Gasteiger partial charge in [-0.15, -0.1) is 23.2 Å². The minimum absolute atomic E-state index is 0.0531. The number of ketones is 1. The second-order valence-electron chi connectivity index (χ2n) is 6.66. The van der Waals surface area contributed by atoms with Crippen LogP contribution in [0.25, 0.3) is 0 Å². The highest BCUT2D eigenvalue weighted by atomic mass is 35.5. The van der Waals surface area contributed by atoms with Gasteiger partial charge in [-0.3, -0.25) is 4.79 Å². The molecule has 4 atom stereocenters. The van der Waals surface area contributed by atoms with Crippen LogP contribution in [-0.4, -0.2) is 54.5 Å². The van der Waals surface area contributed by atoms with Gasteiger partial charge in [-0.1, -0.05) is 0 Å². The van der Waals surface area contributed by atoms with Gasteiger partial charge in [0, 0.05) is 11.8 Å². The molecule has 0 N–H and O–H groups in total. The van der Waals surface area contributed by atoms with Crippen molar-refractivity contribution in [3.05, 3.63) is 0 Å². The summed E-state index contributed by atoms with van der Waals surface area (Å²) in [4.78, 5) is 12.9. The summed E-state index contributed by atoms with van der Waals surface area (Å²) >= 11 is 12.1. The van der Waals surface area contributed by atoms with Gasteiger partial charge in [0.05, 0.1) is 37.3 Å². The fourth-order valence-electron chi connectivity index (χ4n) is 2.82. The Hall–Kier alpha value is 0.0900. The summed E-state index contributed by atoms with van der Waals surface area (Å²) in [5, 5.41) is 0. The number of Topliss-reactive ketones (excluding diaryl/α,β-unsaturated/α-hetero) is 1. The summed E-state index contributed by atoms with van der Waals surface area (Å²) in [6.07, 6.45) is -0.720. The van der Waals surface area contributed by atoms with E-state index in [1.165, 1.54) is 0 Å². The Morgan fingerprint density at radius 1 is 0.955 bits per heavy atom. The lowest BCUT2D eigenvalue weighted by Gasteiger charge is -2.27. The third-order valence-corrected chi connectivity index (χ3v) is 4.69. The van der Waals surface area contributed by atoms with Gasteiger partial charge in [-0.05, 0) is 27.7 Å². The number of ether oxygens (including phenoxy) is 4. The van der Waals surface area contributed by atoms with Crippen LogP contribution in [0.2, 0.25) is 0 Å². The second kappa shape index (κ2) is 6.91. The molecule has 2 aliphatic heterocycles. The molecule has 0 bridgehead atoms. The summed E-state index contributed by atoms with van der Waals surface area (Å²) < 4.78 is 22.6. The lowest BCUT2D eigenvalue weighted by molar-refractivity contribution is -0.156. The number of halogens is 2. The molecule has 0 saturated carbocycles.